The molecule has 0 aliphatic heterocycles. The summed E-state index contributed by atoms with van der Waals surface area (Å²) < 4.78 is 9.83. The minimum atomic E-state index is -0.439. The normalized spacial score (nSPS) is 10.2. The molecular formula is C18H19NO5S2. The standard InChI is InChI=1S/C18H19NO5S2/c1-2-23-18(22)13-5-7-14(8-6-13)19-16(20)10-24-17(21)12-25-11-15-4-3-9-26-15/h3-9H,2,10-12H2,1H3,(H,19,20). The Kier molecular flexibility index (Phi) is 8.17. The van der Waals surface area contributed by atoms with Gasteiger partial charge in [-0.25, -0.2) is 4.79 Å². The van der Waals surface area contributed by atoms with Crippen LogP contribution in [0.25, 0.3) is 0 Å². The van der Waals surface area contributed by atoms with E-state index in [1.807, 2.05) is 17.5 Å². The molecule has 1 aromatic carbocycles. The van der Waals surface area contributed by atoms with Crippen molar-refractivity contribution >= 4 is 46.6 Å². The summed E-state index contributed by atoms with van der Waals surface area (Å²) in [5.74, 6) is -0.352. The fraction of sp³-hybridized carbons (Fsp3) is 0.278. The van der Waals surface area contributed by atoms with Crippen LogP contribution in [0.5, 0.6) is 0 Å². The first-order valence-electron chi connectivity index (χ1n) is 7.91. The van der Waals surface area contributed by atoms with Gasteiger partial charge in [-0.1, -0.05) is 6.07 Å². The summed E-state index contributed by atoms with van der Waals surface area (Å²) in [7, 11) is 0. The second-order valence-electron chi connectivity index (χ2n) is 5.08. The fourth-order valence-electron chi connectivity index (χ4n) is 1.92. The van der Waals surface area contributed by atoms with Crippen LogP contribution in [0.4, 0.5) is 5.69 Å². The molecule has 8 heteroatoms. The summed E-state index contributed by atoms with van der Waals surface area (Å²) >= 11 is 3.08. The van der Waals surface area contributed by atoms with Gasteiger partial charge >= 0.3 is 11.9 Å². The van der Waals surface area contributed by atoms with Crippen molar-refractivity contribution in [1.82, 2.24) is 0 Å². The SMILES string of the molecule is CCOC(=O)c1ccc(NC(=O)COC(=O)CSCc2cccs2)cc1. The van der Waals surface area contributed by atoms with Gasteiger partial charge in [-0.05, 0) is 42.6 Å². The second kappa shape index (κ2) is 10.6. The molecule has 138 valence electrons. The molecule has 1 amide bonds. The number of hydrogen-bond acceptors (Lipinski definition) is 7. The van der Waals surface area contributed by atoms with Crippen molar-refractivity contribution in [2.24, 2.45) is 0 Å². The van der Waals surface area contributed by atoms with Gasteiger partial charge in [-0.15, -0.1) is 23.1 Å². The summed E-state index contributed by atoms with van der Waals surface area (Å²) in [5, 5.41) is 4.58. The van der Waals surface area contributed by atoms with Gasteiger partial charge in [0.2, 0.25) is 0 Å². The molecule has 1 N–H and O–H groups in total. The number of carbonyl (C=O) groups is 3. The van der Waals surface area contributed by atoms with Gasteiger partial charge in [0.25, 0.3) is 5.91 Å². The van der Waals surface area contributed by atoms with E-state index in [-0.39, 0.29) is 12.4 Å². The Bertz CT molecular complexity index is 729. The van der Waals surface area contributed by atoms with Crippen molar-refractivity contribution in [3.8, 4) is 0 Å². The van der Waals surface area contributed by atoms with E-state index in [2.05, 4.69) is 5.32 Å². The Morgan fingerprint density at radius 1 is 1.12 bits per heavy atom. The number of thiophene rings is 1. The van der Waals surface area contributed by atoms with E-state index in [0.717, 1.165) is 5.75 Å². The number of rotatable bonds is 9. The second-order valence-corrected chi connectivity index (χ2v) is 7.10. The Morgan fingerprint density at radius 3 is 2.54 bits per heavy atom. The average molecular weight is 393 g/mol. The maximum Gasteiger partial charge on any atom is 0.338 e. The van der Waals surface area contributed by atoms with Crippen molar-refractivity contribution in [2.75, 3.05) is 24.3 Å². The number of benzene rings is 1. The van der Waals surface area contributed by atoms with Crippen molar-refractivity contribution in [2.45, 2.75) is 12.7 Å². The molecule has 2 rings (SSSR count). The molecule has 1 aromatic heterocycles. The molecule has 0 aliphatic carbocycles. The highest BCUT2D eigenvalue weighted by Crippen LogP contribution is 2.17. The Balaban J connectivity index is 1.67. The average Bonchev–Trinajstić information content (AvgIpc) is 3.14. The predicted molar refractivity (Wildman–Crippen MR) is 102 cm³/mol. The molecule has 0 spiro atoms. The Morgan fingerprint density at radius 2 is 1.88 bits per heavy atom. The van der Waals surface area contributed by atoms with Crippen molar-refractivity contribution < 1.29 is 23.9 Å². The van der Waals surface area contributed by atoms with Crippen LogP contribution in [-0.4, -0.2) is 36.8 Å². The zero-order valence-electron chi connectivity index (χ0n) is 14.2. The molecular weight excluding hydrogens is 374 g/mol. The molecule has 2 aromatic rings. The zero-order valence-corrected chi connectivity index (χ0v) is 15.9. The molecule has 0 fully saturated rings. The van der Waals surface area contributed by atoms with Crippen LogP contribution in [-0.2, 0) is 24.8 Å². The largest absolute Gasteiger partial charge is 0.462 e. The van der Waals surface area contributed by atoms with Gasteiger partial charge in [0.1, 0.15) is 0 Å². The minimum Gasteiger partial charge on any atom is -0.462 e. The van der Waals surface area contributed by atoms with Gasteiger partial charge in [0.05, 0.1) is 17.9 Å². The third-order valence-corrected chi connectivity index (χ3v) is 5.10. The van der Waals surface area contributed by atoms with Crippen molar-refractivity contribution in [1.29, 1.82) is 0 Å². The van der Waals surface area contributed by atoms with E-state index < -0.39 is 17.8 Å². The lowest BCUT2D eigenvalue weighted by Crippen LogP contribution is -2.21. The first kappa shape index (κ1) is 20.0. The van der Waals surface area contributed by atoms with Crippen molar-refractivity contribution in [3.63, 3.8) is 0 Å². The summed E-state index contributed by atoms with van der Waals surface area (Å²) in [5.41, 5.74) is 0.908. The van der Waals surface area contributed by atoms with Crippen LogP contribution in [0, 0.1) is 0 Å². The van der Waals surface area contributed by atoms with Crippen LogP contribution in [0.15, 0.2) is 41.8 Å². The summed E-state index contributed by atoms with van der Waals surface area (Å²) in [6.07, 6.45) is 0. The molecule has 6 nitrogen and oxygen atoms in total. The van der Waals surface area contributed by atoms with Crippen molar-refractivity contribution in [3.05, 3.63) is 52.2 Å². The first-order valence-corrected chi connectivity index (χ1v) is 9.94. The van der Waals surface area contributed by atoms with Gasteiger partial charge in [0.15, 0.2) is 6.61 Å². The quantitative estimate of drug-likeness (QED) is 0.658. The fourth-order valence-corrected chi connectivity index (χ4v) is 3.58. The van der Waals surface area contributed by atoms with Gasteiger partial charge in [-0.2, -0.15) is 0 Å². The minimum absolute atomic E-state index is 0.194. The number of hydrogen-bond donors (Lipinski definition) is 1. The van der Waals surface area contributed by atoms with Crippen LogP contribution in [0.3, 0.4) is 0 Å². The highest BCUT2D eigenvalue weighted by Gasteiger charge is 2.10. The molecule has 0 saturated carbocycles. The van der Waals surface area contributed by atoms with Gasteiger partial charge in [-0.3, -0.25) is 9.59 Å². The zero-order chi connectivity index (χ0) is 18.8. The third kappa shape index (κ3) is 6.89. The monoisotopic (exact) mass is 393 g/mol. The van der Waals surface area contributed by atoms with Crippen LogP contribution in [0.2, 0.25) is 0 Å². The van der Waals surface area contributed by atoms with E-state index in [9.17, 15) is 14.4 Å². The van der Waals surface area contributed by atoms with E-state index in [1.165, 1.54) is 16.6 Å². The van der Waals surface area contributed by atoms with Gasteiger partial charge in [0, 0.05) is 16.3 Å². The molecule has 0 saturated heterocycles. The number of thioether (sulfide) groups is 1. The maximum atomic E-state index is 11.8. The molecule has 1 heterocycles. The Labute approximate surface area is 159 Å². The molecule has 0 unspecified atom stereocenters. The van der Waals surface area contributed by atoms with E-state index in [0.29, 0.717) is 17.9 Å². The lowest BCUT2D eigenvalue weighted by molar-refractivity contribution is -0.144. The summed E-state index contributed by atoms with van der Waals surface area (Å²) in [6, 6.07) is 10.2. The van der Waals surface area contributed by atoms with Crippen LogP contribution in [0.1, 0.15) is 22.2 Å². The van der Waals surface area contributed by atoms with E-state index >= 15 is 0 Å². The molecule has 0 aliphatic rings. The number of nitrogens with one attached hydrogen (secondary N) is 1. The molecule has 0 bridgehead atoms. The third-order valence-electron chi connectivity index (χ3n) is 3.09. The molecule has 26 heavy (non-hydrogen) atoms. The molecule has 0 atom stereocenters. The smallest absolute Gasteiger partial charge is 0.338 e. The molecule has 0 radical (unpaired) electrons. The lowest BCUT2D eigenvalue weighted by Gasteiger charge is -2.07. The van der Waals surface area contributed by atoms with E-state index in [4.69, 9.17) is 9.47 Å². The summed E-state index contributed by atoms with van der Waals surface area (Å²) in [6.45, 7) is 1.68. The topological polar surface area (TPSA) is 81.7 Å². The highest BCUT2D eigenvalue weighted by atomic mass is 32.2. The number of amides is 1. The number of ether oxygens (including phenoxy) is 2. The van der Waals surface area contributed by atoms with Crippen LogP contribution >= 0.6 is 23.1 Å². The number of esters is 2. The van der Waals surface area contributed by atoms with Gasteiger partial charge < -0.3 is 14.8 Å². The van der Waals surface area contributed by atoms with E-state index in [1.54, 1.807) is 42.5 Å². The number of anilines is 1. The predicted octanol–water partition coefficient (Wildman–Crippen LogP) is 3.34. The lowest BCUT2D eigenvalue weighted by atomic mass is 10.2. The highest BCUT2D eigenvalue weighted by molar-refractivity contribution is 7.99. The maximum absolute atomic E-state index is 11.8. The van der Waals surface area contributed by atoms with Crippen LogP contribution < -0.4 is 5.32 Å². The first-order chi connectivity index (χ1) is 12.6. The summed E-state index contributed by atoms with van der Waals surface area (Å²) in [4.78, 5) is 36.2. The Hall–Kier alpha value is -2.32. The number of carbonyl (C=O) groups excluding carboxylic acids is 3.